The molecule has 112 valence electrons. The molecule has 3 rings (SSSR count). The van der Waals surface area contributed by atoms with Crippen LogP contribution in [0.4, 0.5) is 0 Å². The molecular formula is C15H19N3O2S. The second-order valence-corrected chi connectivity index (χ2v) is 7.34. The first-order valence-electron chi connectivity index (χ1n) is 7.12. The summed E-state index contributed by atoms with van der Waals surface area (Å²) in [6.07, 6.45) is 5.22. The first-order valence-corrected chi connectivity index (χ1v) is 8.56. The van der Waals surface area contributed by atoms with Crippen LogP contribution in [0.25, 0.3) is 10.8 Å². The Bertz CT molecular complexity index is 734. The Kier molecular flexibility index (Phi) is 3.93. The number of hydrogen-bond acceptors (Lipinski definition) is 4. The number of benzene rings is 1. The molecule has 1 aliphatic heterocycles. The van der Waals surface area contributed by atoms with Crippen LogP contribution in [0.2, 0.25) is 0 Å². The van der Waals surface area contributed by atoms with Crippen LogP contribution in [0.1, 0.15) is 12.8 Å². The summed E-state index contributed by atoms with van der Waals surface area (Å²) in [7, 11) is -1.83. The van der Waals surface area contributed by atoms with Crippen LogP contribution in [0, 0.1) is 0 Å². The highest BCUT2D eigenvalue weighted by Gasteiger charge is 2.30. The molecule has 0 spiro atoms. The number of nitrogens with zero attached hydrogens (tertiary/aromatic N) is 2. The fourth-order valence-electron chi connectivity index (χ4n) is 2.81. The smallest absolute Gasteiger partial charge is 0.243 e. The zero-order valence-electron chi connectivity index (χ0n) is 12.0. The summed E-state index contributed by atoms with van der Waals surface area (Å²) in [4.78, 5) is 4.41. The van der Waals surface area contributed by atoms with E-state index in [1.54, 1.807) is 37.6 Å². The molecule has 1 N–H and O–H groups in total. The van der Waals surface area contributed by atoms with E-state index in [9.17, 15) is 8.42 Å². The molecule has 1 unspecified atom stereocenters. The van der Waals surface area contributed by atoms with Gasteiger partial charge in [-0.05, 0) is 31.5 Å². The zero-order valence-corrected chi connectivity index (χ0v) is 12.8. The van der Waals surface area contributed by atoms with Gasteiger partial charge >= 0.3 is 0 Å². The zero-order chi connectivity index (χ0) is 14.9. The Labute approximate surface area is 125 Å². The minimum atomic E-state index is -3.50. The molecule has 1 saturated heterocycles. The third-order valence-corrected chi connectivity index (χ3v) is 6.05. The average molecular weight is 305 g/mol. The van der Waals surface area contributed by atoms with Crippen LogP contribution in [-0.2, 0) is 10.0 Å². The minimum absolute atomic E-state index is 0.0147. The summed E-state index contributed by atoms with van der Waals surface area (Å²) in [5, 5.41) is 4.83. The molecule has 0 aliphatic carbocycles. The highest BCUT2D eigenvalue weighted by atomic mass is 32.2. The molecule has 1 atom stereocenters. The maximum atomic E-state index is 12.9. The van der Waals surface area contributed by atoms with Gasteiger partial charge in [0.15, 0.2) is 0 Å². The number of aromatic nitrogens is 1. The van der Waals surface area contributed by atoms with Gasteiger partial charge in [0, 0.05) is 42.8 Å². The van der Waals surface area contributed by atoms with Crippen molar-refractivity contribution in [2.75, 3.05) is 20.1 Å². The van der Waals surface area contributed by atoms with E-state index < -0.39 is 10.0 Å². The van der Waals surface area contributed by atoms with Gasteiger partial charge in [0.05, 0.1) is 4.90 Å². The average Bonchev–Trinajstić information content (AvgIpc) is 2.54. The molecule has 1 aromatic carbocycles. The van der Waals surface area contributed by atoms with Crippen LogP contribution in [-0.4, -0.2) is 43.9 Å². The molecule has 2 aromatic rings. The van der Waals surface area contributed by atoms with Crippen molar-refractivity contribution in [3.05, 3.63) is 36.7 Å². The van der Waals surface area contributed by atoms with Gasteiger partial charge in [0.1, 0.15) is 0 Å². The Morgan fingerprint density at radius 2 is 2.19 bits per heavy atom. The van der Waals surface area contributed by atoms with Gasteiger partial charge in [0.2, 0.25) is 10.0 Å². The van der Waals surface area contributed by atoms with Crippen molar-refractivity contribution in [3.63, 3.8) is 0 Å². The van der Waals surface area contributed by atoms with Crippen LogP contribution < -0.4 is 5.32 Å². The van der Waals surface area contributed by atoms with E-state index in [-0.39, 0.29) is 6.04 Å². The molecule has 5 nitrogen and oxygen atoms in total. The lowest BCUT2D eigenvalue weighted by Gasteiger charge is -2.31. The molecule has 1 aromatic heterocycles. The monoisotopic (exact) mass is 305 g/mol. The lowest BCUT2D eigenvalue weighted by Crippen LogP contribution is -2.46. The molecule has 1 fully saturated rings. The quantitative estimate of drug-likeness (QED) is 0.936. The Hall–Kier alpha value is -1.50. The summed E-state index contributed by atoms with van der Waals surface area (Å²) in [5.74, 6) is 0. The van der Waals surface area contributed by atoms with Crippen molar-refractivity contribution in [2.24, 2.45) is 0 Å². The van der Waals surface area contributed by atoms with E-state index in [0.717, 1.165) is 30.2 Å². The molecule has 0 bridgehead atoms. The van der Waals surface area contributed by atoms with Gasteiger partial charge < -0.3 is 5.32 Å². The third kappa shape index (κ3) is 2.66. The van der Waals surface area contributed by atoms with E-state index in [1.165, 1.54) is 4.31 Å². The highest BCUT2D eigenvalue weighted by molar-refractivity contribution is 7.89. The van der Waals surface area contributed by atoms with Gasteiger partial charge in [0.25, 0.3) is 0 Å². The SMILES string of the molecule is CN(C1CCCNC1)S(=O)(=O)c1cccc2cnccc12. The molecule has 21 heavy (non-hydrogen) atoms. The van der Waals surface area contributed by atoms with Crippen molar-refractivity contribution >= 4 is 20.8 Å². The van der Waals surface area contributed by atoms with E-state index in [4.69, 9.17) is 0 Å². The van der Waals surface area contributed by atoms with Crippen LogP contribution in [0.15, 0.2) is 41.6 Å². The number of nitrogens with one attached hydrogen (secondary N) is 1. The lowest BCUT2D eigenvalue weighted by atomic mass is 10.1. The number of rotatable bonds is 3. The first kappa shape index (κ1) is 14.4. The van der Waals surface area contributed by atoms with Crippen LogP contribution in [0.5, 0.6) is 0 Å². The number of sulfonamides is 1. The van der Waals surface area contributed by atoms with Crippen LogP contribution in [0.3, 0.4) is 0 Å². The minimum Gasteiger partial charge on any atom is -0.315 e. The Balaban J connectivity index is 2.03. The van der Waals surface area contributed by atoms with Gasteiger partial charge in [-0.3, -0.25) is 4.98 Å². The summed E-state index contributed by atoms with van der Waals surface area (Å²) >= 11 is 0. The van der Waals surface area contributed by atoms with Crippen molar-refractivity contribution in [2.45, 2.75) is 23.8 Å². The maximum Gasteiger partial charge on any atom is 0.243 e. The molecule has 0 amide bonds. The second kappa shape index (κ2) is 5.71. The maximum absolute atomic E-state index is 12.9. The molecule has 2 heterocycles. The highest BCUT2D eigenvalue weighted by Crippen LogP contribution is 2.26. The van der Waals surface area contributed by atoms with Crippen LogP contribution >= 0.6 is 0 Å². The van der Waals surface area contributed by atoms with Crippen molar-refractivity contribution in [1.29, 1.82) is 0 Å². The second-order valence-electron chi connectivity index (χ2n) is 5.37. The molecular weight excluding hydrogens is 286 g/mol. The van der Waals surface area contributed by atoms with Crippen molar-refractivity contribution in [3.8, 4) is 0 Å². The number of likely N-dealkylation sites (N-methyl/N-ethyl adjacent to an activating group) is 1. The molecule has 0 radical (unpaired) electrons. The summed E-state index contributed by atoms with van der Waals surface area (Å²) < 4.78 is 27.4. The fraction of sp³-hybridized carbons (Fsp3) is 0.400. The fourth-order valence-corrected chi connectivity index (χ4v) is 4.41. The van der Waals surface area contributed by atoms with E-state index >= 15 is 0 Å². The predicted octanol–water partition coefficient (Wildman–Crippen LogP) is 1.61. The predicted molar refractivity (Wildman–Crippen MR) is 82.6 cm³/mol. The summed E-state index contributed by atoms with van der Waals surface area (Å²) in [5.41, 5.74) is 0. The topological polar surface area (TPSA) is 62.3 Å². The van der Waals surface area contributed by atoms with Gasteiger partial charge in [-0.1, -0.05) is 12.1 Å². The number of fused-ring (bicyclic) bond motifs is 1. The summed E-state index contributed by atoms with van der Waals surface area (Å²) in [6.45, 7) is 1.67. The van der Waals surface area contributed by atoms with Gasteiger partial charge in [-0.2, -0.15) is 4.31 Å². The van der Waals surface area contributed by atoms with E-state index in [0.29, 0.717) is 11.4 Å². The lowest BCUT2D eigenvalue weighted by molar-refractivity contribution is 0.300. The van der Waals surface area contributed by atoms with Crippen molar-refractivity contribution in [1.82, 2.24) is 14.6 Å². The Morgan fingerprint density at radius 1 is 1.33 bits per heavy atom. The van der Waals surface area contributed by atoms with E-state index in [1.807, 2.05) is 6.07 Å². The molecule has 6 heteroatoms. The number of piperidine rings is 1. The number of pyridine rings is 1. The Morgan fingerprint density at radius 3 is 2.95 bits per heavy atom. The third-order valence-electron chi connectivity index (χ3n) is 4.08. The normalized spacial score (nSPS) is 20.0. The standard InChI is InChI=1S/C15H19N3O2S/c1-18(13-5-3-8-16-11-13)21(19,20)15-6-2-4-12-10-17-9-7-14(12)15/h2,4,6-7,9-10,13,16H,3,5,8,11H2,1H3. The van der Waals surface area contributed by atoms with Gasteiger partial charge in [-0.25, -0.2) is 8.42 Å². The largest absolute Gasteiger partial charge is 0.315 e. The summed E-state index contributed by atoms with van der Waals surface area (Å²) in [6, 6.07) is 7.09. The first-order chi connectivity index (χ1) is 10.1. The van der Waals surface area contributed by atoms with Gasteiger partial charge in [-0.15, -0.1) is 0 Å². The number of hydrogen-bond donors (Lipinski definition) is 1. The van der Waals surface area contributed by atoms with E-state index in [2.05, 4.69) is 10.3 Å². The molecule has 0 saturated carbocycles. The van der Waals surface area contributed by atoms with Crippen molar-refractivity contribution < 1.29 is 8.42 Å². The molecule has 1 aliphatic rings.